The summed E-state index contributed by atoms with van der Waals surface area (Å²) in [5.41, 5.74) is 0. The lowest BCUT2D eigenvalue weighted by Crippen LogP contribution is -1.45. The molecular weight excluding hydrogens is 208 g/mol. The van der Waals surface area contributed by atoms with Crippen LogP contribution in [-0.2, 0) is 0 Å². The van der Waals surface area contributed by atoms with Gasteiger partial charge in [-0.25, -0.2) is 0 Å². The second-order valence-corrected chi connectivity index (χ2v) is 2.29. The molecule has 0 bridgehead atoms. The van der Waals surface area contributed by atoms with Gasteiger partial charge >= 0.3 is 0 Å². The van der Waals surface area contributed by atoms with E-state index in [4.69, 9.17) is 0 Å². The van der Waals surface area contributed by atoms with Crippen molar-refractivity contribution in [2.24, 2.45) is 0 Å². The first-order chi connectivity index (χ1) is 2.77. The molecule has 0 fully saturated rings. The standard InChI is InChI=1S/C4H4Br2/c1-4(6)2-3-5/h2-3H,1H2. The predicted molar refractivity (Wildman–Crippen MR) is 36.1 cm³/mol. The highest BCUT2D eigenvalue weighted by Gasteiger charge is 1.67. The average Bonchev–Trinajstić information content (AvgIpc) is 1.35. The monoisotopic (exact) mass is 210 g/mol. The van der Waals surface area contributed by atoms with Gasteiger partial charge in [0.25, 0.3) is 0 Å². The molecule has 0 aromatic heterocycles. The van der Waals surface area contributed by atoms with Crippen molar-refractivity contribution in [3.63, 3.8) is 0 Å². The van der Waals surface area contributed by atoms with Crippen molar-refractivity contribution in [2.45, 2.75) is 0 Å². The van der Waals surface area contributed by atoms with E-state index in [-0.39, 0.29) is 0 Å². The molecule has 0 amide bonds. The Labute approximate surface area is 54.2 Å². The fourth-order valence-electron chi connectivity index (χ4n) is 0.0684. The topological polar surface area (TPSA) is 0 Å². The quantitative estimate of drug-likeness (QED) is 0.586. The zero-order chi connectivity index (χ0) is 4.99. The van der Waals surface area contributed by atoms with E-state index in [1.165, 1.54) is 0 Å². The van der Waals surface area contributed by atoms with Crippen LogP contribution in [-0.4, -0.2) is 0 Å². The van der Waals surface area contributed by atoms with Gasteiger partial charge in [-0.05, 0) is 11.1 Å². The molecule has 0 aromatic carbocycles. The van der Waals surface area contributed by atoms with Crippen molar-refractivity contribution in [1.82, 2.24) is 0 Å². The van der Waals surface area contributed by atoms with Gasteiger partial charge < -0.3 is 0 Å². The highest BCUT2D eigenvalue weighted by Crippen LogP contribution is 2.02. The smallest absolute Gasteiger partial charge is 0.0108 e. The Kier molecular flexibility index (Phi) is 3.89. The van der Waals surface area contributed by atoms with Gasteiger partial charge in [0.1, 0.15) is 0 Å². The molecule has 6 heavy (non-hydrogen) atoms. The highest BCUT2D eigenvalue weighted by atomic mass is 79.9. The van der Waals surface area contributed by atoms with Crippen LogP contribution in [0.25, 0.3) is 0 Å². The third kappa shape index (κ3) is 4.44. The van der Waals surface area contributed by atoms with Gasteiger partial charge in [-0.2, -0.15) is 0 Å². The van der Waals surface area contributed by atoms with Crippen molar-refractivity contribution >= 4 is 31.9 Å². The second kappa shape index (κ2) is 3.62. The van der Waals surface area contributed by atoms with Gasteiger partial charge in [-0.15, -0.1) is 0 Å². The van der Waals surface area contributed by atoms with Crippen LogP contribution in [0.2, 0.25) is 0 Å². The lowest BCUT2D eigenvalue weighted by Gasteiger charge is -1.72. The third-order valence-electron chi connectivity index (χ3n) is 0.244. The first-order valence-corrected chi connectivity index (χ1v) is 3.09. The molecule has 0 atom stereocenters. The normalized spacial score (nSPS) is 9.67. The lowest BCUT2D eigenvalue weighted by molar-refractivity contribution is 2.07. The number of hydrogen-bond donors (Lipinski definition) is 0. The van der Waals surface area contributed by atoms with Crippen molar-refractivity contribution in [2.75, 3.05) is 0 Å². The summed E-state index contributed by atoms with van der Waals surface area (Å²) in [6.45, 7) is 3.54. The molecule has 0 heterocycles. The molecule has 0 N–H and O–H groups in total. The molecule has 0 aliphatic rings. The third-order valence-corrected chi connectivity index (χ3v) is 0.773. The SMILES string of the molecule is C=C(Br)C=CBr. The first kappa shape index (κ1) is 6.44. The molecule has 0 radical (unpaired) electrons. The van der Waals surface area contributed by atoms with E-state index in [0.29, 0.717) is 0 Å². The van der Waals surface area contributed by atoms with Crippen LogP contribution in [0.4, 0.5) is 0 Å². The van der Waals surface area contributed by atoms with E-state index in [0.717, 1.165) is 4.48 Å². The molecule has 0 nitrogen and oxygen atoms in total. The minimum Gasteiger partial charge on any atom is -0.0847 e. The molecule has 0 rings (SSSR count). The fourth-order valence-corrected chi connectivity index (χ4v) is 0.874. The predicted octanol–water partition coefficient (Wildman–Crippen LogP) is 2.80. The van der Waals surface area contributed by atoms with Gasteiger partial charge in [0.05, 0.1) is 0 Å². The Morgan fingerprint density at radius 2 is 2.17 bits per heavy atom. The van der Waals surface area contributed by atoms with Crippen LogP contribution in [0, 0.1) is 0 Å². The summed E-state index contributed by atoms with van der Waals surface area (Å²) in [5.74, 6) is 0. The molecule has 0 aliphatic carbocycles. The molecule has 0 aliphatic heterocycles. The molecular formula is C4H4Br2. The van der Waals surface area contributed by atoms with Crippen LogP contribution in [0.1, 0.15) is 0 Å². The summed E-state index contributed by atoms with van der Waals surface area (Å²) >= 11 is 6.20. The molecule has 0 aromatic rings. The zero-order valence-electron chi connectivity index (χ0n) is 3.12. The fraction of sp³-hybridized carbons (Fsp3) is 0. The number of rotatable bonds is 1. The van der Waals surface area contributed by atoms with Crippen LogP contribution in [0.15, 0.2) is 22.1 Å². The van der Waals surface area contributed by atoms with Crippen LogP contribution >= 0.6 is 31.9 Å². The summed E-state index contributed by atoms with van der Waals surface area (Å²) in [5, 5.41) is 0. The van der Waals surface area contributed by atoms with Crippen LogP contribution in [0.3, 0.4) is 0 Å². The maximum atomic E-state index is 3.54. The lowest BCUT2D eigenvalue weighted by atomic mass is 10.6. The van der Waals surface area contributed by atoms with Gasteiger partial charge in [-0.3, -0.25) is 0 Å². The minimum absolute atomic E-state index is 0.874. The Morgan fingerprint density at radius 1 is 1.67 bits per heavy atom. The van der Waals surface area contributed by atoms with Crippen LogP contribution in [0.5, 0.6) is 0 Å². The Hall–Kier alpha value is 0.440. The van der Waals surface area contributed by atoms with E-state index in [2.05, 4.69) is 38.4 Å². The highest BCUT2D eigenvalue weighted by molar-refractivity contribution is 9.12. The van der Waals surface area contributed by atoms with Crippen molar-refractivity contribution in [1.29, 1.82) is 0 Å². The van der Waals surface area contributed by atoms with E-state index in [9.17, 15) is 0 Å². The van der Waals surface area contributed by atoms with E-state index in [1.54, 1.807) is 11.1 Å². The maximum Gasteiger partial charge on any atom is 0.0108 e. The summed E-state index contributed by atoms with van der Waals surface area (Å²) in [6, 6.07) is 0. The maximum absolute atomic E-state index is 3.54. The summed E-state index contributed by atoms with van der Waals surface area (Å²) in [7, 11) is 0. The number of halogens is 2. The average molecular weight is 212 g/mol. The summed E-state index contributed by atoms with van der Waals surface area (Å²) in [4.78, 5) is 1.74. The molecule has 0 unspecified atom stereocenters. The van der Waals surface area contributed by atoms with Crippen molar-refractivity contribution < 1.29 is 0 Å². The summed E-state index contributed by atoms with van der Waals surface area (Å²) in [6.07, 6.45) is 1.81. The van der Waals surface area contributed by atoms with Gasteiger partial charge in [0.15, 0.2) is 0 Å². The second-order valence-electron chi connectivity index (χ2n) is 0.740. The molecule has 0 saturated heterocycles. The van der Waals surface area contributed by atoms with Gasteiger partial charge in [-0.1, -0.05) is 38.4 Å². The van der Waals surface area contributed by atoms with Gasteiger partial charge in [0.2, 0.25) is 0 Å². The van der Waals surface area contributed by atoms with Gasteiger partial charge in [0, 0.05) is 4.48 Å². The first-order valence-electron chi connectivity index (χ1n) is 1.38. The molecule has 0 saturated carbocycles. The van der Waals surface area contributed by atoms with Crippen molar-refractivity contribution in [3.05, 3.63) is 22.1 Å². The zero-order valence-corrected chi connectivity index (χ0v) is 6.29. The van der Waals surface area contributed by atoms with Crippen LogP contribution < -0.4 is 0 Å². The van der Waals surface area contributed by atoms with E-state index in [1.807, 2.05) is 0 Å². The largest absolute Gasteiger partial charge is 0.0847 e. The number of allylic oxidation sites excluding steroid dienone is 2. The number of hydrogen-bond acceptors (Lipinski definition) is 0. The Morgan fingerprint density at radius 3 is 2.17 bits per heavy atom. The van der Waals surface area contributed by atoms with E-state index >= 15 is 0 Å². The Balaban J connectivity index is 3.30. The van der Waals surface area contributed by atoms with E-state index < -0.39 is 0 Å². The van der Waals surface area contributed by atoms with Crippen molar-refractivity contribution in [3.8, 4) is 0 Å². The summed E-state index contributed by atoms with van der Waals surface area (Å²) < 4.78 is 0.874. The molecule has 0 spiro atoms. The Bertz CT molecular complexity index is 73.6. The molecule has 2 heteroatoms. The minimum atomic E-state index is 0.874. The molecule has 34 valence electrons.